The first-order valence-electron chi connectivity index (χ1n) is 12.0. The van der Waals surface area contributed by atoms with Gasteiger partial charge in [0.05, 0.1) is 17.9 Å². The number of hydrogen-bond acceptors (Lipinski definition) is 5. The minimum atomic E-state index is -1.18. The summed E-state index contributed by atoms with van der Waals surface area (Å²) in [6.07, 6.45) is 6.70. The number of amides is 2. The maximum atomic E-state index is 16.4. The zero-order valence-corrected chi connectivity index (χ0v) is 19.4. The lowest BCUT2D eigenvalue weighted by Crippen LogP contribution is -2.58. The first-order valence-corrected chi connectivity index (χ1v) is 12.9. The van der Waals surface area contributed by atoms with E-state index >= 15 is 4.39 Å². The summed E-state index contributed by atoms with van der Waals surface area (Å²) in [5, 5.41) is 10.2. The second-order valence-electron chi connectivity index (χ2n) is 11.5. The molecule has 0 spiro atoms. The molecule has 5 rings (SSSR count). The quantitative estimate of drug-likeness (QED) is 0.690. The normalized spacial score (nSPS) is 49.5. The lowest BCUT2D eigenvalue weighted by molar-refractivity contribution is -0.166. The summed E-state index contributed by atoms with van der Waals surface area (Å²) in [7, 11) is 0. The summed E-state index contributed by atoms with van der Waals surface area (Å²) in [5.41, 5.74) is -2.09. The molecule has 4 saturated carbocycles. The summed E-state index contributed by atoms with van der Waals surface area (Å²) in [6, 6.07) is 0. The summed E-state index contributed by atoms with van der Waals surface area (Å²) in [5.74, 6) is 0.333. The van der Waals surface area contributed by atoms with E-state index in [0.29, 0.717) is 31.1 Å². The van der Waals surface area contributed by atoms with Gasteiger partial charge in [-0.1, -0.05) is 18.7 Å². The molecule has 5 fully saturated rings. The molecule has 0 radical (unpaired) electrons. The van der Waals surface area contributed by atoms with Gasteiger partial charge in [0.1, 0.15) is 5.67 Å². The summed E-state index contributed by atoms with van der Waals surface area (Å²) in [4.78, 5) is 38.3. The fourth-order valence-electron chi connectivity index (χ4n) is 8.31. The number of aliphatic hydroxyl groups is 1. The van der Waals surface area contributed by atoms with Gasteiger partial charge in [0.2, 0.25) is 5.91 Å². The number of hydrogen-bond donors (Lipinski definition) is 1. The van der Waals surface area contributed by atoms with Gasteiger partial charge in [0, 0.05) is 5.92 Å². The van der Waals surface area contributed by atoms with Crippen LogP contribution < -0.4 is 0 Å². The van der Waals surface area contributed by atoms with Crippen LogP contribution in [0.2, 0.25) is 0 Å². The van der Waals surface area contributed by atoms with Crippen LogP contribution in [0.15, 0.2) is 0 Å². The average molecular weight is 452 g/mol. The number of rotatable bonds is 3. The molecular weight excluding hydrogens is 417 g/mol. The average Bonchev–Trinajstić information content (AvgIpc) is 3.22. The maximum absolute atomic E-state index is 16.4. The minimum absolute atomic E-state index is 0.00464. The number of carbonyl (C=O) groups is 3. The fourth-order valence-corrected chi connectivity index (χ4v) is 9.03. The highest BCUT2D eigenvalue weighted by molar-refractivity contribution is 8.14. The van der Waals surface area contributed by atoms with E-state index in [1.807, 2.05) is 6.92 Å². The second kappa shape index (κ2) is 7.28. The van der Waals surface area contributed by atoms with Crippen molar-refractivity contribution in [2.45, 2.75) is 82.9 Å². The number of thioether (sulfide) groups is 1. The second-order valence-corrected chi connectivity index (χ2v) is 12.4. The monoisotopic (exact) mass is 451 g/mol. The van der Waals surface area contributed by atoms with Crippen molar-refractivity contribution in [3.8, 4) is 0 Å². The number of ketones is 1. The van der Waals surface area contributed by atoms with Crippen molar-refractivity contribution in [3.63, 3.8) is 0 Å². The topological polar surface area (TPSA) is 74.7 Å². The highest BCUT2D eigenvalue weighted by atomic mass is 32.2. The zero-order chi connectivity index (χ0) is 22.2. The van der Waals surface area contributed by atoms with E-state index in [2.05, 4.69) is 6.92 Å². The van der Waals surface area contributed by atoms with E-state index in [1.54, 1.807) is 0 Å². The van der Waals surface area contributed by atoms with E-state index in [-0.39, 0.29) is 52.4 Å². The molecule has 31 heavy (non-hydrogen) atoms. The Morgan fingerprint density at radius 2 is 1.87 bits per heavy atom. The fraction of sp³-hybridized carbons (Fsp3) is 0.875. The van der Waals surface area contributed by atoms with E-state index < -0.39 is 11.3 Å². The molecule has 2 amide bonds. The molecule has 7 heteroatoms. The van der Waals surface area contributed by atoms with Gasteiger partial charge in [0.15, 0.2) is 5.78 Å². The Morgan fingerprint density at radius 1 is 1.10 bits per heavy atom. The molecule has 5 aliphatic rings. The number of imide groups is 1. The van der Waals surface area contributed by atoms with Gasteiger partial charge in [0.25, 0.3) is 5.24 Å². The molecule has 4 aliphatic carbocycles. The Bertz CT molecular complexity index is 801. The summed E-state index contributed by atoms with van der Waals surface area (Å²) < 4.78 is 16.4. The molecule has 0 unspecified atom stereocenters. The molecule has 172 valence electrons. The van der Waals surface area contributed by atoms with Gasteiger partial charge in [-0.05, 0) is 93.8 Å². The molecular formula is C24H34FNO4S. The standard InChI is InChI=1S/C24H34FNO4S/c1-22(30)9-10-24(25)14(11-22)3-4-15-16-5-6-18(23(16,2)8-7-17(15)24)19(27)12-26-20(28)13-31-21(26)29/h14-18,30H,3-13H2,1-2H3/t14-,15+,16+,17+,18-,22-,23+,24-/m1/s1. The third-order valence-corrected chi connectivity index (χ3v) is 10.7. The molecule has 1 N–H and O–H groups in total. The van der Waals surface area contributed by atoms with E-state index in [4.69, 9.17) is 0 Å². The largest absolute Gasteiger partial charge is 0.390 e. The maximum Gasteiger partial charge on any atom is 0.289 e. The number of fused-ring (bicyclic) bond motifs is 5. The van der Waals surface area contributed by atoms with Crippen LogP contribution in [-0.4, -0.2) is 50.5 Å². The number of carbonyl (C=O) groups excluding carboxylic acids is 3. The lowest BCUT2D eigenvalue weighted by Gasteiger charge is -2.59. The molecule has 0 bridgehead atoms. The van der Waals surface area contributed by atoms with Crippen LogP contribution in [0.1, 0.15) is 71.6 Å². The van der Waals surface area contributed by atoms with Gasteiger partial charge in [-0.25, -0.2) is 4.39 Å². The number of halogens is 1. The zero-order valence-electron chi connectivity index (χ0n) is 18.6. The third-order valence-electron chi connectivity index (χ3n) is 9.86. The molecule has 5 nitrogen and oxygen atoms in total. The smallest absolute Gasteiger partial charge is 0.289 e. The highest BCUT2D eigenvalue weighted by Gasteiger charge is 2.63. The van der Waals surface area contributed by atoms with Crippen molar-refractivity contribution in [3.05, 3.63) is 0 Å². The number of alkyl halides is 1. The van der Waals surface area contributed by atoms with Gasteiger partial charge in [-0.3, -0.25) is 19.3 Å². The van der Waals surface area contributed by atoms with Crippen molar-refractivity contribution >= 4 is 28.7 Å². The van der Waals surface area contributed by atoms with Crippen LogP contribution in [-0.2, 0) is 9.59 Å². The molecule has 1 saturated heterocycles. The summed E-state index contributed by atoms with van der Waals surface area (Å²) >= 11 is 0.970. The van der Waals surface area contributed by atoms with Crippen molar-refractivity contribution in [2.24, 2.45) is 35.0 Å². The molecule has 8 atom stereocenters. The van der Waals surface area contributed by atoms with Gasteiger partial charge in [-0.2, -0.15) is 0 Å². The Kier molecular flexibility index (Phi) is 5.13. The van der Waals surface area contributed by atoms with Gasteiger partial charge < -0.3 is 5.11 Å². The lowest BCUT2D eigenvalue weighted by atomic mass is 9.48. The minimum Gasteiger partial charge on any atom is -0.390 e. The molecule has 1 heterocycles. The Hall–Kier alpha value is -0.950. The molecule has 0 aromatic carbocycles. The summed E-state index contributed by atoms with van der Waals surface area (Å²) in [6.45, 7) is 3.95. The molecule has 0 aromatic heterocycles. The number of Topliss-reactive ketones (excluding diaryl/α,β-unsaturated/α-hetero) is 1. The van der Waals surface area contributed by atoms with Crippen molar-refractivity contribution in [1.29, 1.82) is 0 Å². The van der Waals surface area contributed by atoms with Crippen LogP contribution in [0.4, 0.5) is 9.18 Å². The first kappa shape index (κ1) is 21.9. The Labute approximate surface area is 187 Å². The van der Waals surface area contributed by atoms with Crippen molar-refractivity contribution < 1.29 is 23.9 Å². The van der Waals surface area contributed by atoms with Gasteiger partial charge in [-0.15, -0.1) is 0 Å². The highest BCUT2D eigenvalue weighted by Crippen LogP contribution is 2.66. The predicted octanol–water partition coefficient (Wildman–Crippen LogP) is 4.36. The van der Waals surface area contributed by atoms with Crippen molar-refractivity contribution in [2.75, 3.05) is 12.3 Å². The molecule has 1 aliphatic heterocycles. The third kappa shape index (κ3) is 3.32. The van der Waals surface area contributed by atoms with Crippen LogP contribution >= 0.6 is 11.8 Å². The SMILES string of the molecule is C[C@@]1(O)CC[C@@]2(F)[C@H](CC[C@H]3[C@@H]4CC[C@H](C(=O)CN5C(=O)CSC5=O)[C@@]4(C)CC[C@@H]32)C1. The van der Waals surface area contributed by atoms with E-state index in [9.17, 15) is 19.5 Å². The van der Waals surface area contributed by atoms with Crippen LogP contribution in [0.5, 0.6) is 0 Å². The first-order chi connectivity index (χ1) is 14.6. The van der Waals surface area contributed by atoms with Crippen LogP contribution in [0.25, 0.3) is 0 Å². The van der Waals surface area contributed by atoms with E-state index in [0.717, 1.165) is 55.2 Å². The Morgan fingerprint density at radius 3 is 2.58 bits per heavy atom. The van der Waals surface area contributed by atoms with Crippen LogP contribution in [0, 0.1) is 35.0 Å². The van der Waals surface area contributed by atoms with Gasteiger partial charge >= 0.3 is 0 Å². The Balaban J connectivity index is 1.33. The van der Waals surface area contributed by atoms with Crippen molar-refractivity contribution in [1.82, 2.24) is 4.90 Å². The predicted molar refractivity (Wildman–Crippen MR) is 116 cm³/mol. The van der Waals surface area contributed by atoms with E-state index in [1.165, 1.54) is 0 Å². The molecule has 0 aromatic rings. The van der Waals surface area contributed by atoms with Crippen LogP contribution in [0.3, 0.4) is 0 Å². The number of nitrogens with zero attached hydrogens (tertiary/aromatic N) is 1.